The fourth-order valence-corrected chi connectivity index (χ4v) is 3.18. The van der Waals surface area contributed by atoms with Gasteiger partial charge in [0.1, 0.15) is 0 Å². The summed E-state index contributed by atoms with van der Waals surface area (Å²) >= 11 is 0. The van der Waals surface area contributed by atoms with Crippen LogP contribution in [-0.2, 0) is 4.74 Å². The normalized spacial score (nSPS) is 18.6. The number of benzene rings is 1. The van der Waals surface area contributed by atoms with Gasteiger partial charge < -0.3 is 9.64 Å². The summed E-state index contributed by atoms with van der Waals surface area (Å²) in [6.45, 7) is 7.72. The molecule has 24 heavy (non-hydrogen) atoms. The van der Waals surface area contributed by atoms with Crippen LogP contribution in [0.4, 0.5) is 11.4 Å². The predicted octanol–water partition coefficient (Wildman–Crippen LogP) is 2.34. The second-order valence-corrected chi connectivity index (χ2v) is 6.05. The van der Waals surface area contributed by atoms with E-state index in [1.807, 2.05) is 0 Å². The minimum atomic E-state index is -0.502. The number of carbonyl (C=O) groups excluding carboxylic acids is 1. The van der Waals surface area contributed by atoms with Crippen LogP contribution in [0.25, 0.3) is 0 Å². The van der Waals surface area contributed by atoms with Gasteiger partial charge in [0.05, 0.1) is 17.1 Å². The molecule has 0 N–H and O–H groups in total. The number of nitro benzene ring substituents is 1. The van der Waals surface area contributed by atoms with Crippen LogP contribution in [0.3, 0.4) is 0 Å². The molecule has 0 spiro atoms. The number of methoxy groups -OCH3 is 1. The van der Waals surface area contributed by atoms with E-state index in [0.717, 1.165) is 38.3 Å². The highest BCUT2D eigenvalue weighted by atomic mass is 16.6. The Hall–Kier alpha value is -1.99. The number of Topliss-reactive ketones (excluding diaryl/α,β-unsaturated/α-hetero) is 1. The summed E-state index contributed by atoms with van der Waals surface area (Å²) in [4.78, 5) is 26.9. The van der Waals surface area contributed by atoms with Crippen molar-refractivity contribution in [2.75, 3.05) is 44.8 Å². The van der Waals surface area contributed by atoms with Crippen molar-refractivity contribution in [3.63, 3.8) is 0 Å². The minimum absolute atomic E-state index is 0.128. The summed E-state index contributed by atoms with van der Waals surface area (Å²) in [5.74, 6) is -0.283. The Morgan fingerprint density at radius 2 is 2.17 bits per heavy atom. The third kappa shape index (κ3) is 4.10. The van der Waals surface area contributed by atoms with Crippen molar-refractivity contribution in [2.45, 2.75) is 26.3 Å². The average Bonchev–Trinajstić information content (AvgIpc) is 2.59. The van der Waals surface area contributed by atoms with E-state index in [2.05, 4.69) is 16.7 Å². The summed E-state index contributed by atoms with van der Waals surface area (Å²) in [7, 11) is 1.71. The van der Waals surface area contributed by atoms with Gasteiger partial charge in [-0.1, -0.05) is 6.92 Å². The zero-order chi connectivity index (χ0) is 17.7. The molecular weight excluding hydrogens is 310 g/mol. The molecule has 0 aliphatic carbocycles. The zero-order valence-corrected chi connectivity index (χ0v) is 14.5. The van der Waals surface area contributed by atoms with E-state index in [0.29, 0.717) is 12.6 Å². The van der Waals surface area contributed by atoms with Gasteiger partial charge in [0.25, 0.3) is 5.69 Å². The van der Waals surface area contributed by atoms with Crippen molar-refractivity contribution in [3.05, 3.63) is 33.9 Å². The average molecular weight is 335 g/mol. The van der Waals surface area contributed by atoms with Gasteiger partial charge in [0, 0.05) is 51.1 Å². The summed E-state index contributed by atoms with van der Waals surface area (Å²) in [5, 5.41) is 11.1. The molecule has 1 heterocycles. The lowest BCUT2D eigenvalue weighted by molar-refractivity contribution is -0.385. The predicted molar refractivity (Wildman–Crippen MR) is 92.8 cm³/mol. The van der Waals surface area contributed by atoms with E-state index in [9.17, 15) is 14.9 Å². The lowest BCUT2D eigenvalue weighted by Gasteiger charge is -2.42. The molecule has 0 radical (unpaired) electrons. The van der Waals surface area contributed by atoms with E-state index < -0.39 is 4.92 Å². The summed E-state index contributed by atoms with van der Waals surface area (Å²) < 4.78 is 5.17. The third-order valence-electron chi connectivity index (χ3n) is 4.58. The maximum atomic E-state index is 11.8. The van der Waals surface area contributed by atoms with Gasteiger partial charge in [-0.2, -0.15) is 0 Å². The highest BCUT2D eigenvalue weighted by Crippen LogP contribution is 2.27. The molecule has 1 aliphatic heterocycles. The van der Waals surface area contributed by atoms with E-state index in [-0.39, 0.29) is 17.0 Å². The molecule has 132 valence electrons. The molecule has 1 fully saturated rings. The van der Waals surface area contributed by atoms with Crippen molar-refractivity contribution in [1.29, 1.82) is 0 Å². The van der Waals surface area contributed by atoms with Crippen molar-refractivity contribution < 1.29 is 14.5 Å². The molecule has 1 aromatic rings. The smallest absolute Gasteiger partial charge is 0.280 e. The number of nitro groups is 1. The van der Waals surface area contributed by atoms with Crippen LogP contribution in [-0.4, -0.2) is 61.5 Å². The molecule has 1 aliphatic rings. The number of carbonyl (C=O) groups is 1. The van der Waals surface area contributed by atoms with Crippen LogP contribution in [0.2, 0.25) is 0 Å². The number of anilines is 1. The molecule has 1 saturated heterocycles. The standard InChI is InChI=1S/C17H25N3O4/c1-4-14-12-19(8-7-18(14)9-10-24-3)15-5-6-17(20(22)23)16(11-15)13(2)21/h5-6,11,14H,4,7-10,12H2,1-3H3/t14-/m1/s1. The largest absolute Gasteiger partial charge is 0.383 e. The Bertz CT molecular complexity index is 605. The van der Waals surface area contributed by atoms with E-state index in [4.69, 9.17) is 4.74 Å². The van der Waals surface area contributed by atoms with Crippen molar-refractivity contribution >= 4 is 17.2 Å². The number of piperazine rings is 1. The van der Waals surface area contributed by atoms with Crippen molar-refractivity contribution in [1.82, 2.24) is 4.90 Å². The maximum Gasteiger partial charge on any atom is 0.280 e. The fraction of sp³-hybridized carbons (Fsp3) is 0.588. The molecule has 1 atom stereocenters. The number of nitrogens with zero attached hydrogens (tertiary/aromatic N) is 3. The lowest BCUT2D eigenvalue weighted by atomic mass is 10.1. The second kappa shape index (κ2) is 8.21. The van der Waals surface area contributed by atoms with Gasteiger partial charge in [-0.05, 0) is 25.5 Å². The van der Waals surface area contributed by atoms with Crippen LogP contribution < -0.4 is 4.90 Å². The van der Waals surface area contributed by atoms with Crippen LogP contribution >= 0.6 is 0 Å². The van der Waals surface area contributed by atoms with Crippen LogP contribution in [0.15, 0.2) is 18.2 Å². The van der Waals surface area contributed by atoms with Gasteiger partial charge >= 0.3 is 0 Å². The van der Waals surface area contributed by atoms with Crippen LogP contribution in [0, 0.1) is 10.1 Å². The van der Waals surface area contributed by atoms with E-state index >= 15 is 0 Å². The Balaban J connectivity index is 2.19. The molecular formula is C17H25N3O4. The summed E-state index contributed by atoms with van der Waals surface area (Å²) in [6, 6.07) is 5.23. The number of ketones is 1. The molecule has 7 nitrogen and oxygen atoms in total. The molecule has 0 bridgehead atoms. The Labute approximate surface area is 142 Å². The molecule has 0 aromatic heterocycles. The Morgan fingerprint density at radius 1 is 1.42 bits per heavy atom. The van der Waals surface area contributed by atoms with Gasteiger partial charge in [0.2, 0.25) is 0 Å². The third-order valence-corrected chi connectivity index (χ3v) is 4.58. The topological polar surface area (TPSA) is 75.9 Å². The van der Waals surface area contributed by atoms with Gasteiger partial charge in [0.15, 0.2) is 5.78 Å². The number of rotatable bonds is 7. The van der Waals surface area contributed by atoms with Crippen molar-refractivity contribution in [2.24, 2.45) is 0 Å². The van der Waals surface area contributed by atoms with Crippen LogP contribution in [0.1, 0.15) is 30.6 Å². The minimum Gasteiger partial charge on any atom is -0.383 e. The number of ether oxygens (including phenoxy) is 1. The van der Waals surface area contributed by atoms with Crippen molar-refractivity contribution in [3.8, 4) is 0 Å². The fourth-order valence-electron chi connectivity index (χ4n) is 3.18. The first kappa shape index (κ1) is 18.4. The molecule has 0 saturated carbocycles. The summed E-state index contributed by atoms with van der Waals surface area (Å²) in [6.07, 6.45) is 1.02. The molecule has 0 amide bonds. The Morgan fingerprint density at radius 3 is 2.75 bits per heavy atom. The van der Waals surface area contributed by atoms with E-state index in [1.165, 1.54) is 13.0 Å². The molecule has 1 aromatic carbocycles. The van der Waals surface area contributed by atoms with E-state index in [1.54, 1.807) is 19.2 Å². The highest BCUT2D eigenvalue weighted by Gasteiger charge is 2.27. The zero-order valence-electron chi connectivity index (χ0n) is 14.5. The maximum absolute atomic E-state index is 11.8. The highest BCUT2D eigenvalue weighted by molar-refractivity contribution is 5.99. The Kier molecular flexibility index (Phi) is 6.28. The lowest BCUT2D eigenvalue weighted by Crippen LogP contribution is -2.53. The molecule has 7 heteroatoms. The van der Waals surface area contributed by atoms with Gasteiger partial charge in [-0.25, -0.2) is 0 Å². The number of hydrogen-bond donors (Lipinski definition) is 0. The molecule has 2 rings (SSSR count). The van der Waals surface area contributed by atoms with Gasteiger partial charge in [-0.15, -0.1) is 0 Å². The van der Waals surface area contributed by atoms with Gasteiger partial charge in [-0.3, -0.25) is 19.8 Å². The SMILES string of the molecule is CC[C@@H]1CN(c2ccc([N+](=O)[O-])c(C(C)=O)c2)CCN1CCOC. The second-order valence-electron chi connectivity index (χ2n) is 6.05. The number of hydrogen-bond acceptors (Lipinski definition) is 6. The first-order chi connectivity index (χ1) is 11.5. The van der Waals surface area contributed by atoms with Crippen LogP contribution in [0.5, 0.6) is 0 Å². The molecule has 0 unspecified atom stereocenters. The summed E-state index contributed by atoms with van der Waals surface area (Å²) in [5.41, 5.74) is 0.917. The quantitative estimate of drug-likeness (QED) is 0.432. The first-order valence-corrected chi connectivity index (χ1v) is 8.25. The first-order valence-electron chi connectivity index (χ1n) is 8.25. The monoisotopic (exact) mass is 335 g/mol.